The lowest BCUT2D eigenvalue weighted by Crippen LogP contribution is -2.00. The maximum Gasteiger partial charge on any atom is 0.0178 e. The van der Waals surface area contributed by atoms with E-state index in [-0.39, 0.29) is 0 Å². The van der Waals surface area contributed by atoms with Crippen molar-refractivity contribution >= 4 is 0 Å². The first-order chi connectivity index (χ1) is 6.63. The lowest BCUT2D eigenvalue weighted by Gasteiger charge is -2.09. The Bertz CT molecular complexity index is 289. The molecule has 1 heteroatoms. The van der Waals surface area contributed by atoms with Gasteiger partial charge in [-0.2, -0.15) is 0 Å². The second-order valence-corrected chi connectivity index (χ2v) is 4.40. The van der Waals surface area contributed by atoms with Gasteiger partial charge in [0.05, 0.1) is 0 Å². The van der Waals surface area contributed by atoms with Crippen molar-refractivity contribution in [2.45, 2.75) is 40.2 Å². The molecule has 1 rings (SSSR count). The number of hydrogen-bond acceptors (Lipinski definition) is 1. The maximum absolute atomic E-state index is 5.62. The molecule has 2 N–H and O–H groups in total. The van der Waals surface area contributed by atoms with Gasteiger partial charge in [-0.05, 0) is 42.4 Å². The Morgan fingerprint density at radius 3 is 2.57 bits per heavy atom. The number of rotatable bonds is 4. The van der Waals surface area contributed by atoms with Crippen molar-refractivity contribution in [2.75, 3.05) is 0 Å². The average Bonchev–Trinajstić information content (AvgIpc) is 2.16. The highest BCUT2D eigenvalue weighted by Crippen LogP contribution is 2.15. The Morgan fingerprint density at radius 1 is 1.29 bits per heavy atom. The fourth-order valence-corrected chi connectivity index (χ4v) is 1.57. The summed E-state index contributed by atoms with van der Waals surface area (Å²) in [6.07, 6.45) is 2.44. The topological polar surface area (TPSA) is 26.0 Å². The van der Waals surface area contributed by atoms with Crippen molar-refractivity contribution in [2.24, 2.45) is 11.7 Å². The lowest BCUT2D eigenvalue weighted by molar-refractivity contribution is 0.585. The van der Waals surface area contributed by atoms with Crippen LogP contribution in [-0.2, 0) is 13.0 Å². The molecule has 0 fully saturated rings. The highest BCUT2D eigenvalue weighted by Gasteiger charge is 2.01. The quantitative estimate of drug-likeness (QED) is 0.777. The zero-order chi connectivity index (χ0) is 10.6. The second-order valence-electron chi connectivity index (χ2n) is 4.40. The van der Waals surface area contributed by atoms with E-state index in [0.717, 1.165) is 5.92 Å². The van der Waals surface area contributed by atoms with E-state index in [1.807, 2.05) is 0 Å². The summed E-state index contributed by atoms with van der Waals surface area (Å²) in [7, 11) is 0. The van der Waals surface area contributed by atoms with E-state index in [2.05, 4.69) is 39.0 Å². The van der Waals surface area contributed by atoms with Crippen LogP contribution < -0.4 is 5.73 Å². The predicted molar refractivity (Wildman–Crippen MR) is 62.2 cm³/mol. The SMILES string of the molecule is Cc1ccc(CN)cc1CCC(C)C. The molecule has 0 saturated heterocycles. The molecule has 0 unspecified atom stereocenters. The van der Waals surface area contributed by atoms with Crippen molar-refractivity contribution in [1.82, 2.24) is 0 Å². The van der Waals surface area contributed by atoms with Crippen LogP contribution >= 0.6 is 0 Å². The van der Waals surface area contributed by atoms with Crippen LogP contribution in [0.4, 0.5) is 0 Å². The zero-order valence-electron chi connectivity index (χ0n) is 9.51. The molecule has 14 heavy (non-hydrogen) atoms. The van der Waals surface area contributed by atoms with Crippen LogP contribution in [0.1, 0.15) is 37.0 Å². The fraction of sp³-hybridized carbons (Fsp3) is 0.538. The van der Waals surface area contributed by atoms with Crippen molar-refractivity contribution in [3.63, 3.8) is 0 Å². The molecule has 0 atom stereocenters. The number of hydrogen-bond donors (Lipinski definition) is 1. The van der Waals surface area contributed by atoms with Crippen molar-refractivity contribution < 1.29 is 0 Å². The van der Waals surface area contributed by atoms with Crippen molar-refractivity contribution in [3.8, 4) is 0 Å². The van der Waals surface area contributed by atoms with Gasteiger partial charge >= 0.3 is 0 Å². The Balaban J connectivity index is 2.73. The summed E-state index contributed by atoms with van der Waals surface area (Å²) in [5, 5.41) is 0. The van der Waals surface area contributed by atoms with Gasteiger partial charge in [-0.25, -0.2) is 0 Å². The molecule has 0 saturated carbocycles. The molecule has 0 aliphatic carbocycles. The third-order valence-electron chi connectivity index (χ3n) is 2.64. The summed E-state index contributed by atoms with van der Waals surface area (Å²) in [6, 6.07) is 6.55. The van der Waals surface area contributed by atoms with Gasteiger partial charge in [0.15, 0.2) is 0 Å². The summed E-state index contributed by atoms with van der Waals surface area (Å²) < 4.78 is 0. The Labute approximate surface area is 87.3 Å². The predicted octanol–water partition coefficient (Wildman–Crippen LogP) is 3.04. The number of benzene rings is 1. The first-order valence-corrected chi connectivity index (χ1v) is 5.42. The van der Waals surface area contributed by atoms with Gasteiger partial charge in [0.2, 0.25) is 0 Å². The van der Waals surface area contributed by atoms with E-state index in [4.69, 9.17) is 5.73 Å². The van der Waals surface area contributed by atoms with Gasteiger partial charge in [-0.15, -0.1) is 0 Å². The normalized spacial score (nSPS) is 10.9. The Morgan fingerprint density at radius 2 is 2.00 bits per heavy atom. The molecule has 0 aliphatic heterocycles. The van der Waals surface area contributed by atoms with E-state index in [9.17, 15) is 0 Å². The summed E-state index contributed by atoms with van der Waals surface area (Å²) in [5.74, 6) is 0.774. The first-order valence-electron chi connectivity index (χ1n) is 5.42. The summed E-state index contributed by atoms with van der Waals surface area (Å²) in [6.45, 7) is 7.36. The molecule has 1 nitrogen and oxygen atoms in total. The van der Waals surface area contributed by atoms with Crippen LogP contribution in [0.3, 0.4) is 0 Å². The highest BCUT2D eigenvalue weighted by molar-refractivity contribution is 5.31. The monoisotopic (exact) mass is 191 g/mol. The van der Waals surface area contributed by atoms with Crippen LogP contribution in [0.25, 0.3) is 0 Å². The average molecular weight is 191 g/mol. The summed E-state index contributed by atoms with van der Waals surface area (Å²) in [5.41, 5.74) is 9.72. The summed E-state index contributed by atoms with van der Waals surface area (Å²) in [4.78, 5) is 0. The molecule has 0 heterocycles. The van der Waals surface area contributed by atoms with E-state index in [1.165, 1.54) is 29.5 Å². The van der Waals surface area contributed by atoms with Crippen LogP contribution in [0.2, 0.25) is 0 Å². The van der Waals surface area contributed by atoms with Gasteiger partial charge in [0.25, 0.3) is 0 Å². The molecule has 0 amide bonds. The highest BCUT2D eigenvalue weighted by atomic mass is 14.5. The minimum absolute atomic E-state index is 0.648. The van der Waals surface area contributed by atoms with Crippen LogP contribution in [0, 0.1) is 12.8 Å². The molecule has 1 aromatic rings. The standard InChI is InChI=1S/C13H21N/c1-10(2)4-7-13-8-12(9-14)6-5-11(13)3/h5-6,8,10H,4,7,9,14H2,1-3H3. The fourth-order valence-electron chi connectivity index (χ4n) is 1.57. The van der Waals surface area contributed by atoms with Gasteiger partial charge in [-0.3, -0.25) is 0 Å². The molecular formula is C13H21N. The minimum atomic E-state index is 0.648. The Hall–Kier alpha value is -0.820. The van der Waals surface area contributed by atoms with Gasteiger partial charge in [-0.1, -0.05) is 32.0 Å². The molecule has 0 bridgehead atoms. The third-order valence-corrected chi connectivity index (χ3v) is 2.64. The van der Waals surface area contributed by atoms with E-state index < -0.39 is 0 Å². The van der Waals surface area contributed by atoms with Gasteiger partial charge < -0.3 is 5.73 Å². The molecule has 1 aromatic carbocycles. The largest absolute Gasteiger partial charge is 0.326 e. The smallest absolute Gasteiger partial charge is 0.0178 e. The van der Waals surface area contributed by atoms with Crippen molar-refractivity contribution in [1.29, 1.82) is 0 Å². The van der Waals surface area contributed by atoms with Gasteiger partial charge in [0.1, 0.15) is 0 Å². The third kappa shape index (κ3) is 3.15. The Kier molecular flexibility index (Phi) is 4.15. The first kappa shape index (κ1) is 11.3. The van der Waals surface area contributed by atoms with Crippen LogP contribution in [0.15, 0.2) is 18.2 Å². The summed E-state index contributed by atoms with van der Waals surface area (Å²) >= 11 is 0. The molecule has 0 aliphatic rings. The van der Waals surface area contributed by atoms with Crippen LogP contribution in [-0.4, -0.2) is 0 Å². The van der Waals surface area contributed by atoms with E-state index in [1.54, 1.807) is 0 Å². The van der Waals surface area contributed by atoms with Crippen molar-refractivity contribution in [3.05, 3.63) is 34.9 Å². The maximum atomic E-state index is 5.62. The second kappa shape index (κ2) is 5.16. The molecule has 0 aromatic heterocycles. The van der Waals surface area contributed by atoms with E-state index in [0.29, 0.717) is 6.54 Å². The van der Waals surface area contributed by atoms with Gasteiger partial charge in [0, 0.05) is 6.54 Å². The molecule has 0 spiro atoms. The lowest BCUT2D eigenvalue weighted by atomic mass is 9.97. The molecular weight excluding hydrogens is 170 g/mol. The number of nitrogens with two attached hydrogens (primary N) is 1. The molecule has 0 radical (unpaired) electrons. The zero-order valence-corrected chi connectivity index (χ0v) is 9.51. The molecule has 78 valence electrons. The van der Waals surface area contributed by atoms with E-state index >= 15 is 0 Å². The number of aryl methyl sites for hydroxylation is 2. The van der Waals surface area contributed by atoms with Crippen LogP contribution in [0.5, 0.6) is 0 Å². The minimum Gasteiger partial charge on any atom is -0.326 e.